The van der Waals surface area contributed by atoms with Gasteiger partial charge in [-0.25, -0.2) is 18.4 Å². The summed E-state index contributed by atoms with van der Waals surface area (Å²) in [5, 5.41) is 48.1. The molecule has 34 heavy (non-hydrogen) atoms. The van der Waals surface area contributed by atoms with E-state index in [0.717, 1.165) is 28.6 Å². The third kappa shape index (κ3) is 4.73. The minimum Gasteiger partial charge on any atom is -0.394 e. The molecule has 0 saturated carbocycles. The van der Waals surface area contributed by atoms with E-state index >= 15 is 0 Å². The molecule has 0 aliphatic carbocycles. The van der Waals surface area contributed by atoms with Crippen LogP contribution >= 0.6 is 35.0 Å². The van der Waals surface area contributed by atoms with E-state index in [4.69, 9.17) is 27.9 Å². The maximum atomic E-state index is 13.9. The van der Waals surface area contributed by atoms with Gasteiger partial charge in [0.25, 0.3) is 0 Å². The lowest BCUT2D eigenvalue weighted by atomic mass is 9.97. The van der Waals surface area contributed by atoms with Crippen molar-refractivity contribution in [1.29, 1.82) is 5.26 Å². The number of nitrogens with zero attached hydrogens (tertiary/aromatic N) is 5. The third-order valence-electron chi connectivity index (χ3n) is 5.11. The summed E-state index contributed by atoms with van der Waals surface area (Å²) in [6, 6.07) is 4.17. The fourth-order valence-electron chi connectivity index (χ4n) is 3.46. The zero-order chi connectivity index (χ0) is 24.6. The molecule has 2 aromatic heterocycles. The Bertz CT molecular complexity index is 1240. The van der Waals surface area contributed by atoms with E-state index < -0.39 is 53.1 Å². The molecule has 1 saturated heterocycles. The summed E-state index contributed by atoms with van der Waals surface area (Å²) >= 11 is 12.4. The van der Waals surface area contributed by atoms with Crippen LogP contribution in [0, 0.1) is 23.0 Å². The Morgan fingerprint density at radius 2 is 1.88 bits per heavy atom. The Balaban J connectivity index is 1.66. The highest BCUT2D eigenvalue weighted by Gasteiger charge is 2.46. The number of hydrogen-bond donors (Lipinski definition) is 3. The van der Waals surface area contributed by atoms with Crippen LogP contribution in [0.25, 0.3) is 11.3 Å². The maximum absolute atomic E-state index is 13.9. The Morgan fingerprint density at radius 1 is 1.18 bits per heavy atom. The van der Waals surface area contributed by atoms with E-state index in [2.05, 4.69) is 15.3 Å². The second-order valence-corrected chi connectivity index (χ2v) is 9.22. The highest BCUT2D eigenvalue weighted by atomic mass is 35.5. The molecule has 1 aliphatic heterocycles. The molecule has 0 spiro atoms. The summed E-state index contributed by atoms with van der Waals surface area (Å²) in [6.45, 7) is -0.588. The van der Waals surface area contributed by atoms with Gasteiger partial charge in [0, 0.05) is 16.7 Å². The Kier molecular flexibility index (Phi) is 7.34. The number of rotatable bonds is 5. The fraction of sp³-hybridized carbons (Fsp3) is 0.300. The maximum Gasteiger partial charge on any atom is 0.154 e. The molecule has 5 atom stereocenters. The summed E-state index contributed by atoms with van der Waals surface area (Å²) in [6.07, 6.45) is -1.38. The topological polar surface area (TPSA) is 137 Å². The normalized spacial score (nSPS) is 24.7. The molecule has 9 nitrogen and oxygen atoms in total. The molecule has 0 bridgehead atoms. The van der Waals surface area contributed by atoms with Crippen LogP contribution in [0.5, 0.6) is 0 Å². The molecule has 0 radical (unpaired) electrons. The van der Waals surface area contributed by atoms with Gasteiger partial charge in [-0.15, -0.1) is 5.10 Å². The minimum atomic E-state index is -1.42. The Hall–Kier alpha value is -2.37. The molecular formula is C20H15Cl2F2N5O4S. The van der Waals surface area contributed by atoms with Crippen molar-refractivity contribution >= 4 is 35.0 Å². The van der Waals surface area contributed by atoms with Crippen LogP contribution in [0.3, 0.4) is 0 Å². The number of pyridine rings is 1. The highest BCUT2D eigenvalue weighted by molar-refractivity contribution is 7.99. The molecule has 1 fully saturated rings. The van der Waals surface area contributed by atoms with E-state index in [0.29, 0.717) is 4.90 Å². The average Bonchev–Trinajstić information content (AvgIpc) is 3.29. The van der Waals surface area contributed by atoms with Crippen molar-refractivity contribution in [1.82, 2.24) is 20.0 Å². The van der Waals surface area contributed by atoms with Gasteiger partial charge >= 0.3 is 0 Å². The second-order valence-electron chi connectivity index (χ2n) is 7.26. The zero-order valence-electron chi connectivity index (χ0n) is 16.9. The summed E-state index contributed by atoms with van der Waals surface area (Å²) in [4.78, 5) is 4.24. The van der Waals surface area contributed by atoms with Crippen LogP contribution in [-0.4, -0.2) is 65.7 Å². The molecule has 4 unspecified atom stereocenters. The summed E-state index contributed by atoms with van der Waals surface area (Å²) in [5.41, 5.74) is -0.940. The van der Waals surface area contributed by atoms with Crippen molar-refractivity contribution in [3.63, 3.8) is 0 Å². The Morgan fingerprint density at radius 3 is 2.53 bits per heavy atom. The van der Waals surface area contributed by atoms with Gasteiger partial charge in [-0.3, -0.25) is 0 Å². The molecule has 3 aromatic rings. The van der Waals surface area contributed by atoms with Crippen molar-refractivity contribution in [2.45, 2.75) is 34.7 Å². The lowest BCUT2D eigenvalue weighted by Gasteiger charge is -2.41. The quantitative estimate of drug-likeness (QED) is 0.425. The monoisotopic (exact) mass is 529 g/mol. The summed E-state index contributed by atoms with van der Waals surface area (Å²) < 4.78 is 34.5. The number of nitriles is 1. The van der Waals surface area contributed by atoms with Gasteiger partial charge in [0.15, 0.2) is 5.69 Å². The number of halogens is 4. The third-order valence-corrected chi connectivity index (χ3v) is 6.87. The van der Waals surface area contributed by atoms with E-state index in [1.807, 2.05) is 6.07 Å². The first-order valence-corrected chi connectivity index (χ1v) is 11.3. The van der Waals surface area contributed by atoms with Crippen LogP contribution in [0.15, 0.2) is 35.5 Å². The second kappa shape index (κ2) is 10.1. The van der Waals surface area contributed by atoms with Gasteiger partial charge in [-0.1, -0.05) is 40.2 Å². The number of aromatic nitrogens is 4. The Labute approximate surface area is 205 Å². The number of aliphatic hydroxyl groups is 3. The average molecular weight is 530 g/mol. The van der Waals surface area contributed by atoms with Crippen LogP contribution in [0.2, 0.25) is 10.0 Å². The molecular weight excluding hydrogens is 515 g/mol. The lowest BCUT2D eigenvalue weighted by molar-refractivity contribution is -0.178. The van der Waals surface area contributed by atoms with Crippen molar-refractivity contribution in [3.8, 4) is 17.3 Å². The first-order chi connectivity index (χ1) is 16.2. The largest absolute Gasteiger partial charge is 0.394 e. The predicted molar refractivity (Wildman–Crippen MR) is 117 cm³/mol. The van der Waals surface area contributed by atoms with Gasteiger partial charge in [0.2, 0.25) is 0 Å². The van der Waals surface area contributed by atoms with Gasteiger partial charge in [0.1, 0.15) is 58.2 Å². The number of benzene rings is 1. The molecule has 4 rings (SSSR count). The van der Waals surface area contributed by atoms with Crippen molar-refractivity contribution < 1.29 is 28.8 Å². The van der Waals surface area contributed by atoms with Gasteiger partial charge in [0.05, 0.1) is 17.8 Å². The fourth-order valence-corrected chi connectivity index (χ4v) is 4.94. The molecule has 1 aromatic carbocycles. The van der Waals surface area contributed by atoms with Crippen LogP contribution in [0.1, 0.15) is 11.7 Å². The first-order valence-electron chi connectivity index (χ1n) is 9.65. The predicted octanol–water partition coefficient (Wildman–Crippen LogP) is 2.57. The SMILES string of the molecule is N#Cc1ncc(Cl)cc1SC1OC(CO)C(O)C(n2cc(-c3cc(F)c(Cl)c(F)c3)nn2)[C@@H]1O. The molecule has 3 heterocycles. The number of hydrogen-bond acceptors (Lipinski definition) is 9. The highest BCUT2D eigenvalue weighted by Crippen LogP contribution is 2.39. The van der Waals surface area contributed by atoms with Gasteiger partial charge in [-0.05, 0) is 18.2 Å². The van der Waals surface area contributed by atoms with Crippen LogP contribution in [-0.2, 0) is 4.74 Å². The molecule has 1 aliphatic rings. The van der Waals surface area contributed by atoms with E-state index in [1.54, 1.807) is 0 Å². The van der Waals surface area contributed by atoms with Crippen molar-refractivity contribution in [2.75, 3.05) is 6.61 Å². The van der Waals surface area contributed by atoms with E-state index in [1.165, 1.54) is 18.5 Å². The number of ether oxygens (including phenoxy) is 1. The zero-order valence-corrected chi connectivity index (χ0v) is 19.2. The minimum absolute atomic E-state index is 0.0370. The summed E-state index contributed by atoms with van der Waals surface area (Å²) in [5.74, 6) is -1.98. The standard InChI is InChI=1S/C20H15Cl2F2N5O4S/c21-9-3-15(12(4-25)26-5-9)34-20-19(32)17(18(31)14(7-30)33-20)29-6-13(27-28-29)8-1-10(23)16(22)11(24)2-8/h1-3,5-6,14,17-20,30-32H,7H2/t14?,17?,18?,19-,20?/m0/s1. The van der Waals surface area contributed by atoms with Crippen LogP contribution < -0.4 is 0 Å². The van der Waals surface area contributed by atoms with Crippen LogP contribution in [0.4, 0.5) is 8.78 Å². The van der Waals surface area contributed by atoms with E-state index in [9.17, 15) is 29.4 Å². The molecule has 178 valence electrons. The first kappa shape index (κ1) is 24.7. The lowest BCUT2D eigenvalue weighted by Crippen LogP contribution is -2.55. The number of thioether (sulfide) groups is 1. The summed E-state index contributed by atoms with van der Waals surface area (Å²) in [7, 11) is 0. The molecule has 0 amide bonds. The van der Waals surface area contributed by atoms with Crippen molar-refractivity contribution in [2.24, 2.45) is 0 Å². The van der Waals surface area contributed by atoms with Gasteiger partial charge in [-0.2, -0.15) is 5.26 Å². The van der Waals surface area contributed by atoms with Crippen molar-refractivity contribution in [3.05, 3.63) is 58.0 Å². The van der Waals surface area contributed by atoms with Gasteiger partial charge < -0.3 is 20.1 Å². The van der Waals surface area contributed by atoms with E-state index in [-0.39, 0.29) is 22.0 Å². The molecule has 14 heteroatoms. The smallest absolute Gasteiger partial charge is 0.154 e. The number of aliphatic hydroxyl groups excluding tert-OH is 3. The molecule has 3 N–H and O–H groups in total.